The van der Waals surface area contributed by atoms with Gasteiger partial charge in [-0.05, 0) is 11.6 Å². The number of nitriles is 1. The van der Waals surface area contributed by atoms with E-state index in [9.17, 15) is 4.79 Å². The molecule has 1 aromatic heterocycles. The van der Waals surface area contributed by atoms with Crippen LogP contribution in [0.4, 0.5) is 0 Å². The summed E-state index contributed by atoms with van der Waals surface area (Å²) >= 11 is 5.61. The van der Waals surface area contributed by atoms with E-state index in [-0.39, 0.29) is 11.6 Å². The number of hydrogen-bond donors (Lipinski definition) is 0. The Hall–Kier alpha value is -1.40. The van der Waals surface area contributed by atoms with E-state index in [1.54, 1.807) is 6.07 Å². The summed E-state index contributed by atoms with van der Waals surface area (Å²) in [5.74, 6) is 0. The molecule has 4 heteroatoms. The molecule has 0 atom stereocenters. The summed E-state index contributed by atoms with van der Waals surface area (Å²) in [5, 5.41) is 8.55. The van der Waals surface area contributed by atoms with Crippen molar-refractivity contribution in [3.8, 4) is 6.07 Å². The standard InChI is InChI=1S/C8H5ClN2O/c9-8-7(5-12)6(1-3-10)2-4-11-8/h2,4-5H,1H2. The van der Waals surface area contributed by atoms with Crippen LogP contribution in [0.15, 0.2) is 12.3 Å². The van der Waals surface area contributed by atoms with Crippen molar-refractivity contribution in [1.29, 1.82) is 5.26 Å². The monoisotopic (exact) mass is 180 g/mol. The van der Waals surface area contributed by atoms with E-state index in [4.69, 9.17) is 16.9 Å². The molecule has 12 heavy (non-hydrogen) atoms. The highest BCUT2D eigenvalue weighted by Gasteiger charge is 2.05. The topological polar surface area (TPSA) is 53.8 Å². The van der Waals surface area contributed by atoms with Gasteiger partial charge in [0.05, 0.1) is 18.1 Å². The third kappa shape index (κ3) is 1.60. The Balaban J connectivity index is 3.19. The lowest BCUT2D eigenvalue weighted by molar-refractivity contribution is 0.112. The van der Waals surface area contributed by atoms with Crippen molar-refractivity contribution in [3.63, 3.8) is 0 Å². The number of carbonyl (C=O) groups is 1. The Morgan fingerprint density at radius 1 is 1.75 bits per heavy atom. The Morgan fingerprint density at radius 2 is 2.50 bits per heavy atom. The molecular weight excluding hydrogens is 176 g/mol. The molecule has 0 aliphatic rings. The highest BCUT2D eigenvalue weighted by Crippen LogP contribution is 2.14. The zero-order valence-corrected chi connectivity index (χ0v) is 6.88. The van der Waals surface area contributed by atoms with E-state index in [1.165, 1.54) is 6.20 Å². The minimum Gasteiger partial charge on any atom is -0.298 e. The average molecular weight is 181 g/mol. The summed E-state index contributed by atoms with van der Waals surface area (Å²) in [7, 11) is 0. The van der Waals surface area contributed by atoms with Crippen molar-refractivity contribution < 1.29 is 4.79 Å². The largest absolute Gasteiger partial charge is 0.298 e. The summed E-state index contributed by atoms with van der Waals surface area (Å²) in [4.78, 5) is 14.2. The lowest BCUT2D eigenvalue weighted by Gasteiger charge is -1.99. The molecule has 0 aliphatic carbocycles. The Kier molecular flexibility index (Phi) is 2.78. The maximum atomic E-state index is 10.5. The SMILES string of the molecule is N#CCc1ccnc(Cl)c1C=O. The van der Waals surface area contributed by atoms with E-state index in [0.29, 0.717) is 17.4 Å². The smallest absolute Gasteiger partial charge is 0.153 e. The van der Waals surface area contributed by atoms with E-state index in [1.807, 2.05) is 6.07 Å². The van der Waals surface area contributed by atoms with Gasteiger partial charge < -0.3 is 0 Å². The van der Waals surface area contributed by atoms with Gasteiger partial charge in [-0.25, -0.2) is 4.98 Å². The number of aromatic nitrogens is 1. The van der Waals surface area contributed by atoms with Gasteiger partial charge in [-0.3, -0.25) is 4.79 Å². The molecule has 0 radical (unpaired) electrons. The van der Waals surface area contributed by atoms with Gasteiger partial charge in [0.25, 0.3) is 0 Å². The lowest BCUT2D eigenvalue weighted by atomic mass is 10.1. The fourth-order valence-electron chi connectivity index (χ4n) is 0.848. The first-order chi connectivity index (χ1) is 5.79. The van der Waals surface area contributed by atoms with Crippen molar-refractivity contribution in [2.45, 2.75) is 6.42 Å². The quantitative estimate of drug-likeness (QED) is 0.513. The third-order valence-corrected chi connectivity index (χ3v) is 1.72. The van der Waals surface area contributed by atoms with Crippen LogP contribution in [-0.4, -0.2) is 11.3 Å². The predicted octanol–water partition coefficient (Wildman–Crippen LogP) is 1.61. The summed E-state index contributed by atoms with van der Waals surface area (Å²) in [6.45, 7) is 0. The Labute approximate surface area is 74.6 Å². The van der Waals surface area contributed by atoms with Crippen LogP contribution in [-0.2, 0) is 6.42 Å². The molecule has 1 heterocycles. The minimum absolute atomic E-state index is 0.151. The van der Waals surface area contributed by atoms with Crippen LogP contribution < -0.4 is 0 Å². The molecule has 0 unspecified atom stereocenters. The van der Waals surface area contributed by atoms with Crippen molar-refractivity contribution in [2.75, 3.05) is 0 Å². The van der Waals surface area contributed by atoms with Crippen LogP contribution in [0.25, 0.3) is 0 Å². The van der Waals surface area contributed by atoms with Gasteiger partial charge in [0.2, 0.25) is 0 Å². The summed E-state index contributed by atoms with van der Waals surface area (Å²) < 4.78 is 0. The maximum Gasteiger partial charge on any atom is 0.153 e. The normalized spacial score (nSPS) is 9.00. The van der Waals surface area contributed by atoms with Crippen molar-refractivity contribution in [3.05, 3.63) is 28.5 Å². The predicted molar refractivity (Wildman–Crippen MR) is 44.0 cm³/mol. The average Bonchev–Trinajstić information content (AvgIpc) is 2.05. The maximum absolute atomic E-state index is 10.5. The second kappa shape index (κ2) is 3.84. The van der Waals surface area contributed by atoms with Crippen LogP contribution in [0.1, 0.15) is 15.9 Å². The van der Waals surface area contributed by atoms with Crippen LogP contribution in [0.5, 0.6) is 0 Å². The molecule has 60 valence electrons. The van der Waals surface area contributed by atoms with Crippen molar-refractivity contribution in [1.82, 2.24) is 4.98 Å². The zero-order chi connectivity index (χ0) is 8.97. The van der Waals surface area contributed by atoms with E-state index < -0.39 is 0 Å². The molecule has 3 nitrogen and oxygen atoms in total. The number of rotatable bonds is 2. The van der Waals surface area contributed by atoms with Gasteiger partial charge in [0.1, 0.15) is 5.15 Å². The van der Waals surface area contributed by atoms with Crippen LogP contribution in [0.3, 0.4) is 0 Å². The van der Waals surface area contributed by atoms with Gasteiger partial charge >= 0.3 is 0 Å². The number of hydrogen-bond acceptors (Lipinski definition) is 3. The highest BCUT2D eigenvalue weighted by molar-refractivity contribution is 6.31. The van der Waals surface area contributed by atoms with Crippen molar-refractivity contribution in [2.24, 2.45) is 0 Å². The highest BCUT2D eigenvalue weighted by atomic mass is 35.5. The fourth-order valence-corrected chi connectivity index (χ4v) is 1.07. The lowest BCUT2D eigenvalue weighted by Crippen LogP contribution is -1.94. The molecule has 0 amide bonds. The van der Waals surface area contributed by atoms with E-state index in [0.717, 1.165) is 0 Å². The van der Waals surface area contributed by atoms with Gasteiger partial charge in [0.15, 0.2) is 6.29 Å². The van der Waals surface area contributed by atoms with Crippen LogP contribution >= 0.6 is 11.6 Å². The second-order valence-electron chi connectivity index (χ2n) is 2.13. The molecule has 0 bridgehead atoms. The summed E-state index contributed by atoms with van der Waals surface area (Å²) in [5.41, 5.74) is 0.924. The minimum atomic E-state index is 0.151. The number of aldehydes is 1. The van der Waals surface area contributed by atoms with Crippen LogP contribution in [0, 0.1) is 11.3 Å². The second-order valence-corrected chi connectivity index (χ2v) is 2.49. The molecule has 1 aromatic rings. The fraction of sp³-hybridized carbons (Fsp3) is 0.125. The first-order valence-electron chi connectivity index (χ1n) is 3.25. The molecule has 0 N–H and O–H groups in total. The molecule has 0 aliphatic heterocycles. The molecule has 0 saturated carbocycles. The molecule has 1 rings (SSSR count). The van der Waals surface area contributed by atoms with Crippen LogP contribution in [0.2, 0.25) is 5.15 Å². The number of carbonyl (C=O) groups excluding carboxylic acids is 1. The van der Waals surface area contributed by atoms with Gasteiger partial charge in [-0.2, -0.15) is 5.26 Å². The molecule has 0 aromatic carbocycles. The van der Waals surface area contributed by atoms with E-state index >= 15 is 0 Å². The first kappa shape index (κ1) is 8.69. The summed E-state index contributed by atoms with van der Waals surface area (Å²) in [6, 6.07) is 3.55. The number of pyridine rings is 1. The Morgan fingerprint density at radius 3 is 3.08 bits per heavy atom. The van der Waals surface area contributed by atoms with E-state index in [2.05, 4.69) is 4.98 Å². The molecule has 0 spiro atoms. The third-order valence-electron chi connectivity index (χ3n) is 1.42. The Bertz CT molecular complexity index is 343. The first-order valence-corrected chi connectivity index (χ1v) is 3.63. The number of halogens is 1. The summed E-state index contributed by atoms with van der Waals surface area (Å²) in [6.07, 6.45) is 2.26. The number of nitrogens with zero attached hydrogens (tertiary/aromatic N) is 2. The van der Waals surface area contributed by atoms with Gasteiger partial charge in [0, 0.05) is 6.20 Å². The van der Waals surface area contributed by atoms with Gasteiger partial charge in [-0.1, -0.05) is 11.6 Å². The van der Waals surface area contributed by atoms with Crippen molar-refractivity contribution >= 4 is 17.9 Å². The molecule has 0 saturated heterocycles. The molecular formula is C8H5ClN2O. The molecule has 0 fully saturated rings. The zero-order valence-electron chi connectivity index (χ0n) is 6.12. The van der Waals surface area contributed by atoms with Gasteiger partial charge in [-0.15, -0.1) is 0 Å².